The maximum absolute atomic E-state index is 12.1. The molecule has 5 nitrogen and oxygen atoms in total. The predicted octanol–water partition coefficient (Wildman–Crippen LogP) is 1.88. The van der Waals surface area contributed by atoms with E-state index in [1.165, 1.54) is 0 Å². The smallest absolute Gasteiger partial charge is 0.241 e. The Labute approximate surface area is 121 Å². The number of nitrogens with one attached hydrogen (secondary N) is 1. The highest BCUT2D eigenvalue weighted by atomic mass is 79.9. The van der Waals surface area contributed by atoms with E-state index in [1.807, 2.05) is 0 Å². The summed E-state index contributed by atoms with van der Waals surface area (Å²) in [6.45, 7) is 4.17. The largest absolute Gasteiger partial charge is 0.348 e. The van der Waals surface area contributed by atoms with Crippen molar-refractivity contribution in [3.05, 3.63) is 28.7 Å². The van der Waals surface area contributed by atoms with Crippen LogP contribution in [-0.2, 0) is 19.5 Å². The summed E-state index contributed by atoms with van der Waals surface area (Å²) >= 11 is 3.23. The summed E-state index contributed by atoms with van der Waals surface area (Å²) in [6, 6.07) is 6.67. The molecule has 1 heterocycles. The third-order valence-corrected chi connectivity index (χ3v) is 5.13. The van der Waals surface area contributed by atoms with Gasteiger partial charge in [0, 0.05) is 11.0 Å². The van der Waals surface area contributed by atoms with Crippen LogP contribution in [0, 0.1) is 0 Å². The van der Waals surface area contributed by atoms with E-state index in [0.29, 0.717) is 11.1 Å². The first-order valence-corrected chi connectivity index (χ1v) is 8.14. The quantitative estimate of drug-likeness (QED) is 0.901. The van der Waals surface area contributed by atoms with Crippen molar-refractivity contribution in [3.8, 4) is 0 Å². The van der Waals surface area contributed by atoms with E-state index in [4.69, 9.17) is 9.47 Å². The van der Waals surface area contributed by atoms with Gasteiger partial charge in [-0.1, -0.05) is 12.1 Å². The molecule has 0 aliphatic carbocycles. The Balaban J connectivity index is 2.02. The molecular weight excluding hydrogens is 334 g/mol. The Morgan fingerprint density at radius 3 is 2.68 bits per heavy atom. The molecule has 1 atom stereocenters. The summed E-state index contributed by atoms with van der Waals surface area (Å²) in [6.07, 6.45) is -0.271. The van der Waals surface area contributed by atoms with Crippen molar-refractivity contribution < 1.29 is 17.9 Å². The Kier molecular flexibility index (Phi) is 4.32. The fraction of sp³-hybridized carbons (Fsp3) is 0.500. The van der Waals surface area contributed by atoms with Gasteiger partial charge in [0.2, 0.25) is 10.0 Å². The van der Waals surface area contributed by atoms with Crippen molar-refractivity contribution in [2.24, 2.45) is 0 Å². The van der Waals surface area contributed by atoms with Crippen LogP contribution in [0.2, 0.25) is 0 Å². The molecule has 0 spiro atoms. The molecular formula is C12H16BrNO4S. The Morgan fingerprint density at radius 1 is 1.42 bits per heavy atom. The minimum Gasteiger partial charge on any atom is -0.348 e. The van der Waals surface area contributed by atoms with Crippen LogP contribution in [-0.4, -0.2) is 33.5 Å². The monoisotopic (exact) mass is 349 g/mol. The van der Waals surface area contributed by atoms with Gasteiger partial charge in [-0.05, 0) is 41.9 Å². The fourth-order valence-electron chi connectivity index (χ4n) is 1.81. The van der Waals surface area contributed by atoms with Gasteiger partial charge in [0.25, 0.3) is 0 Å². The van der Waals surface area contributed by atoms with E-state index in [9.17, 15) is 8.42 Å². The number of ether oxygens (including phenoxy) is 2. The summed E-state index contributed by atoms with van der Waals surface area (Å²) in [5.41, 5.74) is 0. The molecule has 0 saturated carbocycles. The molecule has 2 rings (SSSR count). The highest BCUT2D eigenvalue weighted by Crippen LogP contribution is 2.23. The molecule has 106 valence electrons. The van der Waals surface area contributed by atoms with E-state index in [2.05, 4.69) is 20.7 Å². The van der Waals surface area contributed by atoms with Gasteiger partial charge in [-0.25, -0.2) is 13.1 Å². The molecule has 1 saturated heterocycles. The fourth-order valence-corrected chi connectivity index (χ4v) is 3.87. The first-order valence-electron chi connectivity index (χ1n) is 5.86. The van der Waals surface area contributed by atoms with Crippen LogP contribution in [0.4, 0.5) is 0 Å². The Morgan fingerprint density at radius 2 is 2.11 bits per heavy atom. The van der Waals surface area contributed by atoms with Gasteiger partial charge >= 0.3 is 0 Å². The molecule has 1 unspecified atom stereocenters. The van der Waals surface area contributed by atoms with Crippen LogP contribution >= 0.6 is 15.9 Å². The molecule has 1 aliphatic heterocycles. The Bertz CT molecular complexity index is 559. The lowest BCUT2D eigenvalue weighted by Gasteiger charge is -2.17. The van der Waals surface area contributed by atoms with Crippen molar-refractivity contribution in [2.45, 2.75) is 30.6 Å². The van der Waals surface area contributed by atoms with E-state index >= 15 is 0 Å². The average molecular weight is 350 g/mol. The molecule has 7 heteroatoms. The molecule has 0 bridgehead atoms. The van der Waals surface area contributed by atoms with Crippen LogP contribution in [0.25, 0.3) is 0 Å². The average Bonchev–Trinajstić information content (AvgIpc) is 2.67. The summed E-state index contributed by atoms with van der Waals surface area (Å²) in [5.74, 6) is -0.649. The first kappa shape index (κ1) is 14.9. The SMILES string of the molecule is CC1(C)OCC(CNS(=O)(=O)c2ccccc2Br)O1. The van der Waals surface area contributed by atoms with Gasteiger partial charge in [-0.15, -0.1) is 0 Å². The number of sulfonamides is 1. The van der Waals surface area contributed by atoms with Crippen molar-refractivity contribution in [3.63, 3.8) is 0 Å². The van der Waals surface area contributed by atoms with Crippen LogP contribution in [0.15, 0.2) is 33.6 Å². The standard InChI is InChI=1S/C12H16BrNO4S/c1-12(2)17-8-9(18-12)7-14-19(15,16)11-6-4-3-5-10(11)13/h3-6,9,14H,7-8H2,1-2H3. The minimum atomic E-state index is -3.55. The second-order valence-corrected chi connectivity index (χ2v) is 7.32. The van der Waals surface area contributed by atoms with E-state index in [1.54, 1.807) is 38.1 Å². The van der Waals surface area contributed by atoms with Crippen LogP contribution in [0.1, 0.15) is 13.8 Å². The van der Waals surface area contributed by atoms with Gasteiger partial charge in [0.1, 0.15) is 0 Å². The van der Waals surface area contributed by atoms with E-state index in [-0.39, 0.29) is 17.5 Å². The molecule has 0 radical (unpaired) electrons. The maximum atomic E-state index is 12.1. The van der Waals surface area contributed by atoms with Crippen molar-refractivity contribution in [1.29, 1.82) is 0 Å². The number of hydrogen-bond acceptors (Lipinski definition) is 4. The number of benzene rings is 1. The molecule has 1 N–H and O–H groups in total. The van der Waals surface area contributed by atoms with Crippen molar-refractivity contribution >= 4 is 26.0 Å². The molecule has 0 aromatic heterocycles. The maximum Gasteiger partial charge on any atom is 0.241 e. The number of hydrogen-bond donors (Lipinski definition) is 1. The molecule has 1 aromatic rings. The highest BCUT2D eigenvalue weighted by Gasteiger charge is 2.33. The highest BCUT2D eigenvalue weighted by molar-refractivity contribution is 9.10. The number of rotatable bonds is 4. The first-order chi connectivity index (χ1) is 8.80. The minimum absolute atomic E-state index is 0.188. The third-order valence-electron chi connectivity index (χ3n) is 2.69. The van der Waals surface area contributed by atoms with Crippen molar-refractivity contribution in [2.75, 3.05) is 13.2 Å². The van der Waals surface area contributed by atoms with Crippen LogP contribution < -0.4 is 4.72 Å². The topological polar surface area (TPSA) is 64.6 Å². The van der Waals surface area contributed by atoms with Gasteiger partial charge in [0.05, 0.1) is 17.6 Å². The zero-order chi connectivity index (χ0) is 14.1. The molecule has 1 aliphatic rings. The van der Waals surface area contributed by atoms with E-state index in [0.717, 1.165) is 0 Å². The molecule has 1 fully saturated rings. The van der Waals surface area contributed by atoms with E-state index < -0.39 is 15.8 Å². The molecule has 19 heavy (non-hydrogen) atoms. The van der Waals surface area contributed by atoms with Gasteiger partial charge in [0.15, 0.2) is 5.79 Å². The van der Waals surface area contributed by atoms with Gasteiger partial charge in [-0.2, -0.15) is 0 Å². The zero-order valence-corrected chi connectivity index (χ0v) is 13.1. The van der Waals surface area contributed by atoms with Gasteiger partial charge in [-0.3, -0.25) is 0 Å². The summed E-state index contributed by atoms with van der Waals surface area (Å²) < 4.78 is 38.3. The summed E-state index contributed by atoms with van der Waals surface area (Å²) in [4.78, 5) is 0.216. The second-order valence-electron chi connectivity index (χ2n) is 4.73. The third kappa shape index (κ3) is 3.76. The summed E-state index contributed by atoms with van der Waals surface area (Å²) in [5, 5.41) is 0. The summed E-state index contributed by atoms with van der Waals surface area (Å²) in [7, 11) is -3.55. The molecule has 1 aromatic carbocycles. The van der Waals surface area contributed by atoms with Crippen LogP contribution in [0.3, 0.4) is 0 Å². The van der Waals surface area contributed by atoms with Gasteiger partial charge < -0.3 is 9.47 Å². The zero-order valence-electron chi connectivity index (χ0n) is 10.7. The van der Waals surface area contributed by atoms with Crippen LogP contribution in [0.5, 0.6) is 0 Å². The second kappa shape index (κ2) is 5.49. The predicted molar refractivity (Wildman–Crippen MR) is 74.2 cm³/mol. The lowest BCUT2D eigenvalue weighted by Crippen LogP contribution is -2.34. The van der Waals surface area contributed by atoms with Crippen molar-refractivity contribution in [1.82, 2.24) is 4.72 Å². The molecule has 0 amide bonds. The number of halogens is 1. The lowest BCUT2D eigenvalue weighted by atomic mass is 10.4. The normalized spacial score (nSPS) is 22.6. The lowest BCUT2D eigenvalue weighted by molar-refractivity contribution is -0.137. The Hall–Kier alpha value is -0.470.